The van der Waals surface area contributed by atoms with Crippen molar-refractivity contribution >= 4 is 18.1 Å². The molecule has 1 atom stereocenters. The van der Waals surface area contributed by atoms with Gasteiger partial charge in [0.1, 0.15) is 11.9 Å². The van der Waals surface area contributed by atoms with E-state index in [9.17, 15) is 9.59 Å². The van der Waals surface area contributed by atoms with Gasteiger partial charge in [-0.05, 0) is 40.2 Å². The molecule has 1 aliphatic rings. The molecule has 2 rings (SSSR count). The van der Waals surface area contributed by atoms with Crippen LogP contribution in [0.4, 0.5) is 4.79 Å². The molecule has 0 aliphatic carbocycles. The zero-order valence-electron chi connectivity index (χ0n) is 20.0. The van der Waals surface area contributed by atoms with E-state index in [1.807, 2.05) is 32.9 Å². The van der Waals surface area contributed by atoms with Crippen molar-refractivity contribution in [1.29, 1.82) is 5.41 Å². The summed E-state index contributed by atoms with van der Waals surface area (Å²) in [6, 6.07) is 10.8. The number of nitrogens with one attached hydrogen (secondary N) is 2. The minimum Gasteiger partial charge on any atom is -0.444 e. The van der Waals surface area contributed by atoms with Crippen molar-refractivity contribution in [2.24, 2.45) is 0 Å². The number of carbonyl (C=O) groups excluding carboxylic acids is 2. The first-order valence-corrected chi connectivity index (χ1v) is 10.3. The molecule has 0 aromatic heterocycles. The van der Waals surface area contributed by atoms with E-state index in [0.29, 0.717) is 37.3 Å². The standard InChI is InChI=1S/C15H24N3O3.C9H11.Na/c1-15(2,3)21-14(20)18-8-5-6-11(12(16)7-9-19)13(18)10-17-4;1-8(2)9-6-4-3-5-7-9;/h9,13,16-17H,5,7-8,10H2,1-4H3;4-8H,1-2H3;/q2*-1;+1. The number of hydrogen-bond acceptors (Lipinski definition) is 5. The number of carbonyl (C=O) groups is 2. The van der Waals surface area contributed by atoms with Gasteiger partial charge in [0.15, 0.2) is 0 Å². The molecule has 1 heterocycles. The van der Waals surface area contributed by atoms with Crippen LogP contribution >= 0.6 is 0 Å². The van der Waals surface area contributed by atoms with Crippen LogP contribution in [0.2, 0.25) is 0 Å². The molecule has 0 radical (unpaired) electrons. The van der Waals surface area contributed by atoms with Gasteiger partial charge >= 0.3 is 35.7 Å². The Morgan fingerprint density at radius 2 is 1.97 bits per heavy atom. The molecule has 1 amide bonds. The van der Waals surface area contributed by atoms with Crippen molar-refractivity contribution in [3.8, 4) is 0 Å². The van der Waals surface area contributed by atoms with Gasteiger partial charge in [0, 0.05) is 19.1 Å². The van der Waals surface area contributed by atoms with E-state index < -0.39 is 11.7 Å². The summed E-state index contributed by atoms with van der Waals surface area (Å²) in [5.74, 6) is 0.639. The Balaban J connectivity index is 0.000000753. The molecule has 1 aromatic carbocycles. The molecule has 0 saturated carbocycles. The van der Waals surface area contributed by atoms with Gasteiger partial charge in [-0.3, -0.25) is 6.08 Å². The fourth-order valence-electron chi connectivity index (χ4n) is 2.97. The van der Waals surface area contributed by atoms with Crippen LogP contribution in [0.15, 0.2) is 29.8 Å². The molecule has 0 saturated heterocycles. The molecule has 1 aromatic rings. The molecule has 0 bridgehead atoms. The van der Waals surface area contributed by atoms with E-state index in [0.717, 1.165) is 0 Å². The second-order valence-corrected chi connectivity index (χ2v) is 8.43. The maximum absolute atomic E-state index is 12.3. The average Bonchev–Trinajstić information content (AvgIpc) is 2.68. The first-order chi connectivity index (χ1) is 14.1. The quantitative estimate of drug-likeness (QED) is 0.304. The van der Waals surface area contributed by atoms with Crippen LogP contribution in [0.5, 0.6) is 0 Å². The van der Waals surface area contributed by atoms with Crippen molar-refractivity contribution in [2.75, 3.05) is 20.1 Å². The van der Waals surface area contributed by atoms with Crippen LogP contribution in [0.1, 0.15) is 58.9 Å². The molecule has 31 heavy (non-hydrogen) atoms. The summed E-state index contributed by atoms with van der Waals surface area (Å²) in [6.45, 7) is 10.8. The summed E-state index contributed by atoms with van der Waals surface area (Å²) in [6.07, 6.45) is 3.99. The summed E-state index contributed by atoms with van der Waals surface area (Å²) < 4.78 is 5.42. The molecule has 7 heteroatoms. The Bertz CT molecular complexity index is 727. The van der Waals surface area contributed by atoms with Crippen LogP contribution in [-0.4, -0.2) is 54.8 Å². The molecule has 1 unspecified atom stereocenters. The summed E-state index contributed by atoms with van der Waals surface area (Å²) >= 11 is 0. The zero-order chi connectivity index (χ0) is 22.7. The first-order valence-electron chi connectivity index (χ1n) is 10.3. The van der Waals surface area contributed by atoms with Gasteiger partial charge < -0.3 is 25.2 Å². The zero-order valence-corrected chi connectivity index (χ0v) is 22.0. The minimum atomic E-state index is -0.567. The van der Waals surface area contributed by atoms with E-state index in [-0.39, 0.29) is 47.7 Å². The second kappa shape index (κ2) is 14.6. The number of amides is 1. The molecule has 166 valence electrons. The Labute approximate surface area is 209 Å². The minimum absolute atomic E-state index is 0. The monoisotopic (exact) mass is 436 g/mol. The van der Waals surface area contributed by atoms with Gasteiger partial charge in [-0.1, -0.05) is 20.3 Å². The molecular weight excluding hydrogens is 401 g/mol. The largest absolute Gasteiger partial charge is 1.00 e. The normalized spacial score (nSPS) is 15.8. The third-order valence-electron chi connectivity index (χ3n) is 4.43. The van der Waals surface area contributed by atoms with Crippen LogP contribution < -0.4 is 34.9 Å². The van der Waals surface area contributed by atoms with Crippen molar-refractivity contribution < 1.29 is 43.9 Å². The Morgan fingerprint density at radius 1 is 1.35 bits per heavy atom. The van der Waals surface area contributed by atoms with E-state index in [2.05, 4.69) is 43.4 Å². The Hall–Kier alpha value is -1.47. The third kappa shape index (κ3) is 10.6. The van der Waals surface area contributed by atoms with Gasteiger partial charge in [0.25, 0.3) is 0 Å². The fourth-order valence-corrected chi connectivity index (χ4v) is 2.97. The molecular formula is C24H35N3NaO3-. The van der Waals surface area contributed by atoms with Gasteiger partial charge in [0.05, 0.1) is 0 Å². The first kappa shape index (κ1) is 29.5. The van der Waals surface area contributed by atoms with Crippen LogP contribution in [0.3, 0.4) is 0 Å². The van der Waals surface area contributed by atoms with Crippen molar-refractivity contribution in [3.63, 3.8) is 0 Å². The smallest absolute Gasteiger partial charge is 0.444 e. The summed E-state index contributed by atoms with van der Waals surface area (Å²) in [5, 5.41) is 11.0. The van der Waals surface area contributed by atoms with Crippen molar-refractivity contribution in [3.05, 3.63) is 47.5 Å². The van der Waals surface area contributed by atoms with E-state index in [1.54, 1.807) is 11.9 Å². The maximum Gasteiger partial charge on any atom is 1.00 e. The number of hydrogen-bond donors (Lipinski definition) is 2. The van der Waals surface area contributed by atoms with E-state index in [1.165, 1.54) is 5.56 Å². The summed E-state index contributed by atoms with van der Waals surface area (Å²) in [5.41, 5.74) is 1.63. The van der Waals surface area contributed by atoms with Crippen LogP contribution in [-0.2, 0) is 9.53 Å². The van der Waals surface area contributed by atoms with Crippen LogP contribution in [0, 0.1) is 17.6 Å². The number of nitrogens with zero attached hydrogens (tertiary/aromatic N) is 1. The Morgan fingerprint density at radius 3 is 2.42 bits per heavy atom. The topological polar surface area (TPSA) is 82.5 Å². The fraction of sp³-hybridized carbons (Fsp3) is 0.542. The number of benzene rings is 1. The third-order valence-corrected chi connectivity index (χ3v) is 4.43. The van der Waals surface area contributed by atoms with E-state index >= 15 is 0 Å². The van der Waals surface area contributed by atoms with Crippen LogP contribution in [0.25, 0.3) is 0 Å². The number of ether oxygens (including phenoxy) is 1. The number of aldehydes is 1. The Kier molecular flexibility index (Phi) is 13.9. The predicted octanol–water partition coefficient (Wildman–Crippen LogP) is 1.17. The summed E-state index contributed by atoms with van der Waals surface area (Å²) in [4.78, 5) is 24.5. The van der Waals surface area contributed by atoms with E-state index in [4.69, 9.17) is 10.1 Å². The molecule has 1 aliphatic heterocycles. The van der Waals surface area contributed by atoms with Gasteiger partial charge in [-0.25, -0.2) is 4.79 Å². The predicted molar refractivity (Wildman–Crippen MR) is 120 cm³/mol. The number of likely N-dealkylation sites (N-methyl/N-ethyl adjacent to an activating group) is 1. The molecule has 6 nitrogen and oxygen atoms in total. The molecule has 2 N–H and O–H groups in total. The van der Waals surface area contributed by atoms with Gasteiger partial charge in [0.2, 0.25) is 0 Å². The molecule has 0 fully saturated rings. The SMILES string of the molecule is CC(C)c1cc[c-]cc1.CNCC1C(C(=N)CC=O)=[C-]CCN1C(=O)OC(C)(C)C.[Na+]. The second-order valence-electron chi connectivity index (χ2n) is 8.43. The summed E-state index contributed by atoms with van der Waals surface area (Å²) in [7, 11) is 1.78. The van der Waals surface area contributed by atoms with Crippen molar-refractivity contribution in [1.82, 2.24) is 10.2 Å². The molecule has 0 spiro atoms. The maximum atomic E-state index is 12.3. The van der Waals surface area contributed by atoms with Gasteiger partial charge in [-0.2, -0.15) is 41.5 Å². The van der Waals surface area contributed by atoms with Gasteiger partial charge in [-0.15, -0.1) is 5.71 Å². The van der Waals surface area contributed by atoms with Crippen molar-refractivity contribution in [2.45, 2.75) is 65.0 Å². The average molecular weight is 437 g/mol. The number of rotatable bonds is 6.